The molecule has 0 fully saturated rings. The lowest BCUT2D eigenvalue weighted by atomic mass is 10.1. The van der Waals surface area contributed by atoms with E-state index in [4.69, 9.17) is 11.6 Å². The molecule has 0 aliphatic carbocycles. The highest BCUT2D eigenvalue weighted by atomic mass is 35.5. The van der Waals surface area contributed by atoms with Gasteiger partial charge in [-0.2, -0.15) is 11.3 Å². The molecule has 0 atom stereocenters. The smallest absolute Gasteiger partial charge is 0.195 e. The van der Waals surface area contributed by atoms with Crippen LogP contribution in [0.2, 0.25) is 5.15 Å². The van der Waals surface area contributed by atoms with E-state index in [9.17, 15) is 4.79 Å². The van der Waals surface area contributed by atoms with Gasteiger partial charge in [-0.3, -0.25) is 4.79 Å². The summed E-state index contributed by atoms with van der Waals surface area (Å²) in [4.78, 5) is 15.6. The fourth-order valence-corrected chi connectivity index (χ4v) is 1.82. The number of hydrogen-bond acceptors (Lipinski definition) is 3. The maximum atomic E-state index is 11.7. The molecule has 2 aromatic heterocycles. The number of carbonyl (C=O) groups is 1. The van der Waals surface area contributed by atoms with Crippen molar-refractivity contribution in [2.24, 2.45) is 0 Å². The third-order valence-corrected chi connectivity index (χ3v) is 2.68. The lowest BCUT2D eigenvalue weighted by Crippen LogP contribution is -1.99. The van der Waals surface area contributed by atoms with Crippen LogP contribution >= 0.6 is 22.9 Å². The summed E-state index contributed by atoms with van der Waals surface area (Å²) in [5.41, 5.74) is 1.26. The molecule has 0 radical (unpaired) electrons. The highest BCUT2D eigenvalue weighted by Gasteiger charge is 2.08. The van der Waals surface area contributed by atoms with Crippen LogP contribution in [-0.2, 0) is 0 Å². The monoisotopic (exact) mass is 223 g/mol. The van der Waals surface area contributed by atoms with Crippen molar-refractivity contribution in [1.82, 2.24) is 4.98 Å². The number of thiophene rings is 1. The number of hydrogen-bond donors (Lipinski definition) is 0. The second-order valence-electron chi connectivity index (χ2n) is 2.71. The molecule has 2 heterocycles. The molecule has 2 rings (SSSR count). The largest absolute Gasteiger partial charge is 0.289 e. The summed E-state index contributed by atoms with van der Waals surface area (Å²) < 4.78 is 0. The first-order valence-electron chi connectivity index (χ1n) is 3.96. The lowest BCUT2D eigenvalue weighted by molar-refractivity contribution is 0.103. The van der Waals surface area contributed by atoms with Gasteiger partial charge in [-0.15, -0.1) is 0 Å². The second-order valence-corrected chi connectivity index (χ2v) is 3.88. The summed E-state index contributed by atoms with van der Waals surface area (Å²) >= 11 is 7.12. The third kappa shape index (κ3) is 1.84. The zero-order valence-corrected chi connectivity index (χ0v) is 8.68. The van der Waals surface area contributed by atoms with E-state index in [2.05, 4.69) is 4.98 Å². The van der Waals surface area contributed by atoms with Gasteiger partial charge >= 0.3 is 0 Å². The van der Waals surface area contributed by atoms with E-state index in [1.807, 2.05) is 10.8 Å². The van der Waals surface area contributed by atoms with Gasteiger partial charge in [0, 0.05) is 22.7 Å². The Morgan fingerprint density at radius 1 is 1.29 bits per heavy atom. The van der Waals surface area contributed by atoms with Crippen LogP contribution in [0, 0.1) is 0 Å². The molecular weight excluding hydrogens is 218 g/mol. The number of nitrogens with zero attached hydrogens (tertiary/aromatic N) is 1. The zero-order chi connectivity index (χ0) is 9.97. The first kappa shape index (κ1) is 9.37. The first-order chi connectivity index (χ1) is 6.77. The number of rotatable bonds is 2. The van der Waals surface area contributed by atoms with Gasteiger partial charge in [0.25, 0.3) is 0 Å². The lowest BCUT2D eigenvalue weighted by Gasteiger charge is -1.96. The van der Waals surface area contributed by atoms with Crippen LogP contribution in [0.25, 0.3) is 0 Å². The summed E-state index contributed by atoms with van der Waals surface area (Å²) in [5.74, 6) is -0.0181. The summed E-state index contributed by atoms with van der Waals surface area (Å²) in [6, 6.07) is 5.08. The Bertz CT molecular complexity index is 436. The number of halogens is 1. The van der Waals surface area contributed by atoms with Gasteiger partial charge in [-0.1, -0.05) is 11.6 Å². The van der Waals surface area contributed by atoms with E-state index in [1.54, 1.807) is 18.2 Å². The van der Waals surface area contributed by atoms with Crippen LogP contribution in [0.4, 0.5) is 0 Å². The normalized spacial score (nSPS) is 10.1. The molecule has 2 nitrogen and oxygen atoms in total. The molecule has 0 amide bonds. The SMILES string of the molecule is O=C(c1ccc(Cl)nc1)c1ccsc1. The average molecular weight is 224 g/mol. The molecule has 14 heavy (non-hydrogen) atoms. The minimum Gasteiger partial charge on any atom is -0.289 e. The van der Waals surface area contributed by atoms with Crippen molar-refractivity contribution in [2.45, 2.75) is 0 Å². The highest BCUT2D eigenvalue weighted by Crippen LogP contribution is 2.13. The van der Waals surface area contributed by atoms with Crippen molar-refractivity contribution in [3.05, 3.63) is 51.4 Å². The minimum atomic E-state index is -0.0181. The number of ketones is 1. The average Bonchev–Trinajstić information content (AvgIpc) is 2.71. The van der Waals surface area contributed by atoms with E-state index >= 15 is 0 Å². The van der Waals surface area contributed by atoms with Crippen molar-refractivity contribution < 1.29 is 4.79 Å². The molecule has 0 spiro atoms. The van der Waals surface area contributed by atoms with Gasteiger partial charge in [-0.25, -0.2) is 4.98 Å². The van der Waals surface area contributed by atoms with E-state index in [0.29, 0.717) is 16.3 Å². The molecule has 0 aliphatic rings. The topological polar surface area (TPSA) is 30.0 Å². The molecule has 0 saturated heterocycles. The Labute approximate surface area is 90.2 Å². The van der Waals surface area contributed by atoms with Gasteiger partial charge in [0.15, 0.2) is 5.78 Å². The van der Waals surface area contributed by atoms with Crippen molar-refractivity contribution in [2.75, 3.05) is 0 Å². The molecule has 4 heteroatoms. The summed E-state index contributed by atoms with van der Waals surface area (Å²) in [6.45, 7) is 0. The Hall–Kier alpha value is -1.19. The molecule has 0 unspecified atom stereocenters. The van der Waals surface area contributed by atoms with Crippen molar-refractivity contribution in [1.29, 1.82) is 0 Å². The Morgan fingerprint density at radius 3 is 2.71 bits per heavy atom. The quantitative estimate of drug-likeness (QED) is 0.579. The summed E-state index contributed by atoms with van der Waals surface area (Å²) in [7, 11) is 0. The van der Waals surface area contributed by atoms with Crippen molar-refractivity contribution in [3.8, 4) is 0 Å². The first-order valence-corrected chi connectivity index (χ1v) is 5.28. The fourth-order valence-electron chi connectivity index (χ4n) is 1.07. The van der Waals surface area contributed by atoms with Crippen LogP contribution in [0.3, 0.4) is 0 Å². The molecular formula is C10H6ClNOS. The number of carbonyl (C=O) groups excluding carboxylic acids is 1. The molecule has 0 aromatic carbocycles. The second kappa shape index (κ2) is 3.90. The van der Waals surface area contributed by atoms with E-state index in [0.717, 1.165) is 0 Å². The van der Waals surface area contributed by atoms with Gasteiger partial charge in [0.1, 0.15) is 5.15 Å². The maximum Gasteiger partial charge on any atom is 0.195 e. The van der Waals surface area contributed by atoms with Crippen LogP contribution in [0.1, 0.15) is 15.9 Å². The van der Waals surface area contributed by atoms with Crippen molar-refractivity contribution >= 4 is 28.7 Å². The van der Waals surface area contributed by atoms with Crippen LogP contribution in [-0.4, -0.2) is 10.8 Å². The predicted octanol–water partition coefficient (Wildman–Crippen LogP) is 3.03. The Kier molecular flexibility index (Phi) is 2.61. The van der Waals surface area contributed by atoms with Gasteiger partial charge in [0.2, 0.25) is 0 Å². The van der Waals surface area contributed by atoms with Gasteiger partial charge in [0.05, 0.1) is 0 Å². The molecule has 2 aromatic rings. The number of pyridine rings is 1. The van der Waals surface area contributed by atoms with Crippen LogP contribution in [0.5, 0.6) is 0 Å². The van der Waals surface area contributed by atoms with E-state index in [-0.39, 0.29) is 5.78 Å². The summed E-state index contributed by atoms with van der Waals surface area (Å²) in [5, 5.41) is 4.08. The fraction of sp³-hybridized carbons (Fsp3) is 0. The van der Waals surface area contributed by atoms with Gasteiger partial charge < -0.3 is 0 Å². The Balaban J connectivity index is 2.33. The molecule has 70 valence electrons. The van der Waals surface area contributed by atoms with E-state index in [1.165, 1.54) is 17.5 Å². The molecule has 0 N–H and O–H groups in total. The van der Waals surface area contributed by atoms with Gasteiger partial charge in [-0.05, 0) is 23.6 Å². The molecule has 0 aliphatic heterocycles. The Morgan fingerprint density at radius 2 is 2.14 bits per heavy atom. The molecule has 0 saturated carbocycles. The van der Waals surface area contributed by atoms with E-state index < -0.39 is 0 Å². The number of aromatic nitrogens is 1. The highest BCUT2D eigenvalue weighted by molar-refractivity contribution is 7.08. The van der Waals surface area contributed by atoms with Crippen LogP contribution in [0.15, 0.2) is 35.2 Å². The minimum absolute atomic E-state index is 0.0181. The maximum absolute atomic E-state index is 11.7. The predicted molar refractivity (Wildman–Crippen MR) is 57.0 cm³/mol. The third-order valence-electron chi connectivity index (χ3n) is 1.77. The van der Waals surface area contributed by atoms with Crippen LogP contribution < -0.4 is 0 Å². The standard InChI is InChI=1S/C10H6ClNOS/c11-9-2-1-7(5-12-9)10(13)8-3-4-14-6-8/h1-6H. The zero-order valence-electron chi connectivity index (χ0n) is 7.11. The van der Waals surface area contributed by atoms with Crippen molar-refractivity contribution in [3.63, 3.8) is 0 Å². The molecule has 0 bridgehead atoms. The summed E-state index contributed by atoms with van der Waals surface area (Å²) in [6.07, 6.45) is 1.49.